The first kappa shape index (κ1) is 13.4. The molecule has 4 atom stereocenters. The van der Waals surface area contributed by atoms with Gasteiger partial charge in [0.2, 0.25) is 5.91 Å². The molecule has 2 heterocycles. The lowest BCUT2D eigenvalue weighted by atomic mass is 9.85. The number of fused-ring (bicyclic) bond motifs is 1. The Morgan fingerprint density at radius 3 is 2.95 bits per heavy atom. The van der Waals surface area contributed by atoms with Crippen molar-refractivity contribution in [1.82, 2.24) is 10.2 Å². The Kier molecular flexibility index (Phi) is 4.08. The molecule has 0 aromatic carbocycles. The lowest BCUT2D eigenvalue weighted by Gasteiger charge is -2.24. The Hall–Kier alpha value is -0.610. The van der Waals surface area contributed by atoms with Crippen molar-refractivity contribution in [3.8, 4) is 0 Å². The van der Waals surface area contributed by atoms with E-state index in [1.165, 1.54) is 25.7 Å². The first-order chi connectivity index (χ1) is 9.28. The van der Waals surface area contributed by atoms with Gasteiger partial charge in [-0.3, -0.25) is 4.79 Å². The van der Waals surface area contributed by atoms with Crippen LogP contribution in [0.15, 0.2) is 0 Å². The van der Waals surface area contributed by atoms with E-state index in [-0.39, 0.29) is 6.04 Å². The number of ether oxygens (including phenoxy) is 1. The number of carbonyl (C=O) groups is 1. The van der Waals surface area contributed by atoms with E-state index in [9.17, 15) is 4.79 Å². The summed E-state index contributed by atoms with van der Waals surface area (Å²) < 4.78 is 5.20. The number of nitrogens with zero attached hydrogens (tertiary/aromatic N) is 1. The molecule has 3 fully saturated rings. The minimum atomic E-state index is 0.0920. The fraction of sp³-hybridized carbons (Fsp3) is 0.933. The normalized spacial score (nSPS) is 38.5. The van der Waals surface area contributed by atoms with Crippen molar-refractivity contribution in [1.29, 1.82) is 0 Å². The molecule has 3 aliphatic rings. The van der Waals surface area contributed by atoms with Crippen LogP contribution in [-0.4, -0.2) is 49.7 Å². The summed E-state index contributed by atoms with van der Waals surface area (Å²) in [5, 5.41) is 3.59. The van der Waals surface area contributed by atoms with E-state index < -0.39 is 0 Å². The van der Waals surface area contributed by atoms with Gasteiger partial charge in [0.1, 0.15) is 0 Å². The summed E-state index contributed by atoms with van der Waals surface area (Å²) in [6.07, 6.45) is 7.42. The highest BCUT2D eigenvalue weighted by atomic mass is 16.5. The van der Waals surface area contributed by atoms with Gasteiger partial charge in [0.15, 0.2) is 0 Å². The molecule has 108 valence electrons. The lowest BCUT2D eigenvalue weighted by Crippen LogP contribution is -2.44. The Morgan fingerprint density at radius 2 is 2.16 bits per heavy atom. The van der Waals surface area contributed by atoms with Gasteiger partial charge in [-0.05, 0) is 31.6 Å². The Bertz CT molecular complexity index is 320. The van der Waals surface area contributed by atoms with Crippen molar-refractivity contribution in [3.63, 3.8) is 0 Å². The number of likely N-dealkylation sites (tertiary alicyclic amines) is 1. The summed E-state index contributed by atoms with van der Waals surface area (Å²) in [7, 11) is 1.74. The minimum Gasteiger partial charge on any atom is -0.384 e. The van der Waals surface area contributed by atoms with Crippen LogP contribution >= 0.6 is 0 Å². The first-order valence-electron chi connectivity index (χ1n) is 7.81. The zero-order valence-corrected chi connectivity index (χ0v) is 11.9. The number of carbonyl (C=O) groups excluding carboxylic acids is 1. The third kappa shape index (κ3) is 2.79. The van der Waals surface area contributed by atoms with Crippen LogP contribution in [0.4, 0.5) is 0 Å². The van der Waals surface area contributed by atoms with Gasteiger partial charge in [-0.1, -0.05) is 12.8 Å². The fourth-order valence-electron chi connectivity index (χ4n) is 4.14. The average molecular weight is 266 g/mol. The summed E-state index contributed by atoms with van der Waals surface area (Å²) in [5.41, 5.74) is 0. The second-order valence-electron chi connectivity index (χ2n) is 6.50. The zero-order valence-electron chi connectivity index (χ0n) is 11.9. The van der Waals surface area contributed by atoms with Crippen LogP contribution in [0.1, 0.15) is 38.5 Å². The van der Waals surface area contributed by atoms with Gasteiger partial charge in [-0.25, -0.2) is 0 Å². The number of methoxy groups -OCH3 is 1. The van der Waals surface area contributed by atoms with Gasteiger partial charge in [0, 0.05) is 32.2 Å². The molecule has 0 spiro atoms. The smallest absolute Gasteiger partial charge is 0.239 e. The maximum Gasteiger partial charge on any atom is 0.239 e. The molecule has 0 bridgehead atoms. The van der Waals surface area contributed by atoms with Crippen LogP contribution in [-0.2, 0) is 9.53 Å². The van der Waals surface area contributed by atoms with Gasteiger partial charge >= 0.3 is 0 Å². The van der Waals surface area contributed by atoms with E-state index in [2.05, 4.69) is 10.2 Å². The zero-order chi connectivity index (χ0) is 13.2. The molecule has 2 aliphatic heterocycles. The van der Waals surface area contributed by atoms with Crippen molar-refractivity contribution < 1.29 is 9.53 Å². The predicted molar refractivity (Wildman–Crippen MR) is 73.8 cm³/mol. The summed E-state index contributed by atoms with van der Waals surface area (Å²) in [6, 6.07) is 0.703. The summed E-state index contributed by atoms with van der Waals surface area (Å²) >= 11 is 0. The highest BCUT2D eigenvalue weighted by Gasteiger charge is 2.40. The largest absolute Gasteiger partial charge is 0.384 e. The quantitative estimate of drug-likeness (QED) is 0.839. The molecule has 3 rings (SSSR count). The Labute approximate surface area is 115 Å². The van der Waals surface area contributed by atoms with Crippen molar-refractivity contribution in [2.75, 3.05) is 26.8 Å². The molecule has 0 aromatic heterocycles. The molecule has 4 nitrogen and oxygen atoms in total. The van der Waals surface area contributed by atoms with Crippen molar-refractivity contribution in [2.24, 2.45) is 11.8 Å². The maximum absolute atomic E-state index is 12.6. The van der Waals surface area contributed by atoms with E-state index >= 15 is 0 Å². The molecule has 0 aromatic rings. The van der Waals surface area contributed by atoms with Crippen LogP contribution in [0.25, 0.3) is 0 Å². The van der Waals surface area contributed by atoms with Crippen LogP contribution in [0.2, 0.25) is 0 Å². The Morgan fingerprint density at radius 1 is 1.32 bits per heavy atom. The van der Waals surface area contributed by atoms with Crippen molar-refractivity contribution >= 4 is 5.91 Å². The highest BCUT2D eigenvalue weighted by molar-refractivity contribution is 5.82. The predicted octanol–water partition coefficient (Wildman–Crippen LogP) is 1.40. The minimum absolute atomic E-state index is 0.0920. The highest BCUT2D eigenvalue weighted by Crippen LogP contribution is 2.34. The monoisotopic (exact) mass is 266 g/mol. The van der Waals surface area contributed by atoms with Gasteiger partial charge < -0.3 is 15.0 Å². The molecule has 1 amide bonds. The lowest BCUT2D eigenvalue weighted by molar-refractivity contribution is -0.132. The standard InChI is InChI=1S/C15H26N2O2/c1-19-10-11-6-7-17(9-11)15(18)14-8-12-4-2-3-5-13(12)16-14/h11-14,16H,2-10H2,1H3. The van der Waals surface area contributed by atoms with E-state index in [0.717, 1.165) is 38.5 Å². The number of hydrogen-bond donors (Lipinski definition) is 1. The van der Waals surface area contributed by atoms with E-state index in [0.29, 0.717) is 17.9 Å². The maximum atomic E-state index is 12.6. The second-order valence-corrected chi connectivity index (χ2v) is 6.50. The molecule has 1 aliphatic carbocycles. The molecule has 4 unspecified atom stereocenters. The SMILES string of the molecule is COCC1CCN(C(=O)C2CC3CCCCC3N2)C1. The Balaban J connectivity index is 1.54. The first-order valence-corrected chi connectivity index (χ1v) is 7.81. The van der Waals surface area contributed by atoms with Gasteiger partial charge in [0.25, 0.3) is 0 Å². The van der Waals surface area contributed by atoms with E-state index in [1.807, 2.05) is 0 Å². The summed E-state index contributed by atoms with van der Waals surface area (Å²) in [4.78, 5) is 14.6. The summed E-state index contributed by atoms with van der Waals surface area (Å²) in [6.45, 7) is 2.59. The van der Waals surface area contributed by atoms with Crippen LogP contribution in [0.5, 0.6) is 0 Å². The molecule has 19 heavy (non-hydrogen) atoms. The third-order valence-electron chi connectivity index (χ3n) is 5.16. The average Bonchev–Trinajstić information content (AvgIpc) is 3.04. The number of hydrogen-bond acceptors (Lipinski definition) is 3. The molecule has 1 saturated carbocycles. The third-order valence-corrected chi connectivity index (χ3v) is 5.16. The molecule has 4 heteroatoms. The van der Waals surface area contributed by atoms with Gasteiger partial charge in [-0.15, -0.1) is 0 Å². The van der Waals surface area contributed by atoms with Crippen LogP contribution in [0, 0.1) is 11.8 Å². The second kappa shape index (κ2) is 5.80. The molecular weight excluding hydrogens is 240 g/mol. The molecule has 0 radical (unpaired) electrons. The van der Waals surface area contributed by atoms with Crippen molar-refractivity contribution in [3.05, 3.63) is 0 Å². The van der Waals surface area contributed by atoms with Gasteiger partial charge in [-0.2, -0.15) is 0 Å². The molecule has 1 N–H and O–H groups in total. The molecular formula is C15H26N2O2. The van der Waals surface area contributed by atoms with Crippen molar-refractivity contribution in [2.45, 2.75) is 50.6 Å². The summed E-state index contributed by atoms with van der Waals surface area (Å²) in [5.74, 6) is 1.63. The number of rotatable bonds is 3. The molecule has 2 saturated heterocycles. The fourth-order valence-corrected chi connectivity index (χ4v) is 4.14. The topological polar surface area (TPSA) is 41.6 Å². The van der Waals surface area contributed by atoms with Gasteiger partial charge in [0.05, 0.1) is 12.6 Å². The number of nitrogens with one attached hydrogen (secondary N) is 1. The van der Waals surface area contributed by atoms with E-state index in [4.69, 9.17) is 4.74 Å². The van der Waals surface area contributed by atoms with Crippen LogP contribution in [0.3, 0.4) is 0 Å². The van der Waals surface area contributed by atoms with Crippen LogP contribution < -0.4 is 5.32 Å². The van der Waals surface area contributed by atoms with E-state index in [1.54, 1.807) is 7.11 Å². The number of amides is 1.